The Morgan fingerprint density at radius 2 is 1.72 bits per heavy atom. The number of carbonyl (C=O) groups is 2. The van der Waals surface area contributed by atoms with E-state index < -0.39 is 11.9 Å². The van der Waals surface area contributed by atoms with Crippen LogP contribution in [-0.4, -0.2) is 25.1 Å². The van der Waals surface area contributed by atoms with Gasteiger partial charge in [-0.25, -0.2) is 4.79 Å². The lowest BCUT2D eigenvalue weighted by atomic mass is 10.0. The first-order chi connectivity index (χ1) is 14.1. The Kier molecular flexibility index (Phi) is 7.05. The van der Waals surface area contributed by atoms with E-state index in [4.69, 9.17) is 13.9 Å². The van der Waals surface area contributed by atoms with Crippen molar-refractivity contribution >= 4 is 11.9 Å². The molecule has 150 valence electrons. The van der Waals surface area contributed by atoms with Crippen molar-refractivity contribution in [2.75, 3.05) is 13.2 Å². The fourth-order valence-electron chi connectivity index (χ4n) is 2.82. The van der Waals surface area contributed by atoms with Gasteiger partial charge in [0, 0.05) is 6.42 Å². The number of hydrogen-bond donors (Lipinski definition) is 1. The number of para-hydroxylation sites is 1. The van der Waals surface area contributed by atoms with Gasteiger partial charge in [0.25, 0.3) is 5.91 Å². The third kappa shape index (κ3) is 6.24. The Labute approximate surface area is 169 Å². The van der Waals surface area contributed by atoms with E-state index in [0.717, 1.165) is 11.1 Å². The standard InChI is InChI=1S/C23H23NO5/c1-17(20-12-7-13-27-20)24-22(25)15-29-23(26)16-28-21-11-6-5-10-19(21)14-18-8-3-2-4-9-18/h2-13,17H,14-16H2,1H3,(H,24,25)/t17-/m0/s1. The van der Waals surface area contributed by atoms with Crippen molar-refractivity contribution in [2.45, 2.75) is 19.4 Å². The monoisotopic (exact) mass is 393 g/mol. The van der Waals surface area contributed by atoms with Crippen LogP contribution >= 0.6 is 0 Å². The highest BCUT2D eigenvalue weighted by molar-refractivity contribution is 5.81. The van der Waals surface area contributed by atoms with Crippen molar-refractivity contribution < 1.29 is 23.5 Å². The summed E-state index contributed by atoms with van der Waals surface area (Å²) in [6.07, 6.45) is 2.23. The molecule has 1 aromatic heterocycles. The first-order valence-electron chi connectivity index (χ1n) is 9.35. The molecule has 1 amide bonds. The first kappa shape index (κ1) is 20.2. The molecule has 2 aromatic carbocycles. The van der Waals surface area contributed by atoms with Crippen molar-refractivity contribution in [3.8, 4) is 5.75 Å². The van der Waals surface area contributed by atoms with Gasteiger partial charge in [-0.2, -0.15) is 0 Å². The Hall–Kier alpha value is -3.54. The summed E-state index contributed by atoms with van der Waals surface area (Å²) in [5, 5.41) is 2.70. The van der Waals surface area contributed by atoms with Gasteiger partial charge in [0.1, 0.15) is 11.5 Å². The van der Waals surface area contributed by atoms with Crippen molar-refractivity contribution in [3.05, 3.63) is 89.9 Å². The number of esters is 1. The number of ether oxygens (including phenoxy) is 2. The van der Waals surface area contributed by atoms with Gasteiger partial charge in [0.15, 0.2) is 13.2 Å². The molecule has 0 aliphatic heterocycles. The van der Waals surface area contributed by atoms with Crippen LogP contribution in [0.25, 0.3) is 0 Å². The van der Waals surface area contributed by atoms with Crippen LogP contribution in [0.3, 0.4) is 0 Å². The lowest BCUT2D eigenvalue weighted by Gasteiger charge is -2.13. The van der Waals surface area contributed by atoms with Crippen molar-refractivity contribution in [1.29, 1.82) is 0 Å². The minimum absolute atomic E-state index is 0.271. The molecule has 6 heteroatoms. The van der Waals surface area contributed by atoms with Crippen LogP contribution in [-0.2, 0) is 20.7 Å². The molecule has 0 spiro atoms. The first-order valence-corrected chi connectivity index (χ1v) is 9.35. The number of furan rings is 1. The van der Waals surface area contributed by atoms with E-state index in [1.165, 1.54) is 6.26 Å². The molecule has 0 saturated carbocycles. The second-order valence-corrected chi connectivity index (χ2v) is 6.52. The van der Waals surface area contributed by atoms with Crippen molar-refractivity contribution in [2.24, 2.45) is 0 Å². The third-order valence-corrected chi connectivity index (χ3v) is 4.27. The zero-order valence-electron chi connectivity index (χ0n) is 16.2. The summed E-state index contributed by atoms with van der Waals surface area (Å²) < 4.78 is 15.8. The molecular weight excluding hydrogens is 370 g/mol. The Balaban J connectivity index is 1.45. The summed E-state index contributed by atoms with van der Waals surface area (Å²) in [5.74, 6) is 0.222. The third-order valence-electron chi connectivity index (χ3n) is 4.27. The van der Waals surface area contributed by atoms with Gasteiger partial charge in [-0.15, -0.1) is 0 Å². The summed E-state index contributed by atoms with van der Waals surface area (Å²) in [4.78, 5) is 23.9. The highest BCUT2D eigenvalue weighted by Gasteiger charge is 2.14. The molecule has 3 aromatic rings. The topological polar surface area (TPSA) is 77.8 Å². The zero-order valence-corrected chi connectivity index (χ0v) is 16.2. The number of carbonyl (C=O) groups excluding carboxylic acids is 2. The molecule has 0 saturated heterocycles. The summed E-state index contributed by atoms with van der Waals surface area (Å²) in [5.41, 5.74) is 2.12. The number of hydrogen-bond acceptors (Lipinski definition) is 5. The zero-order chi connectivity index (χ0) is 20.5. The summed E-state index contributed by atoms with van der Waals surface area (Å²) in [6.45, 7) is 1.14. The SMILES string of the molecule is C[C@H](NC(=O)COC(=O)COc1ccccc1Cc1ccccc1)c1ccco1. The molecule has 0 fully saturated rings. The van der Waals surface area contributed by atoms with Crippen LogP contribution in [0.15, 0.2) is 77.4 Å². The average molecular weight is 393 g/mol. The van der Waals surface area contributed by atoms with Crippen molar-refractivity contribution in [1.82, 2.24) is 5.32 Å². The van der Waals surface area contributed by atoms with Gasteiger partial charge >= 0.3 is 5.97 Å². The quantitative estimate of drug-likeness (QED) is 0.561. The van der Waals surface area contributed by atoms with Crippen LogP contribution < -0.4 is 10.1 Å². The normalized spacial score (nSPS) is 11.5. The summed E-state index contributed by atoms with van der Waals surface area (Å²) in [7, 11) is 0. The van der Waals surface area contributed by atoms with Crippen LogP contribution in [0, 0.1) is 0 Å². The smallest absolute Gasteiger partial charge is 0.344 e. The molecule has 6 nitrogen and oxygen atoms in total. The molecule has 0 aliphatic rings. The highest BCUT2D eigenvalue weighted by atomic mass is 16.6. The minimum Gasteiger partial charge on any atom is -0.482 e. The number of amides is 1. The summed E-state index contributed by atoms with van der Waals surface area (Å²) in [6, 6.07) is 20.7. The van der Waals surface area contributed by atoms with E-state index >= 15 is 0 Å². The molecule has 1 heterocycles. The fraction of sp³-hybridized carbons (Fsp3) is 0.217. The molecule has 3 rings (SSSR count). The second kappa shape index (κ2) is 10.1. The predicted molar refractivity (Wildman–Crippen MR) is 107 cm³/mol. The Morgan fingerprint density at radius 1 is 0.966 bits per heavy atom. The molecule has 0 aliphatic carbocycles. The number of nitrogens with one attached hydrogen (secondary N) is 1. The van der Waals surface area contributed by atoms with E-state index in [9.17, 15) is 9.59 Å². The van der Waals surface area contributed by atoms with E-state index in [-0.39, 0.29) is 19.3 Å². The largest absolute Gasteiger partial charge is 0.482 e. The highest BCUT2D eigenvalue weighted by Crippen LogP contribution is 2.21. The maximum Gasteiger partial charge on any atom is 0.344 e. The van der Waals surface area contributed by atoms with Crippen molar-refractivity contribution in [3.63, 3.8) is 0 Å². The Bertz CT molecular complexity index is 921. The van der Waals surface area contributed by atoms with Gasteiger partial charge in [-0.1, -0.05) is 48.5 Å². The van der Waals surface area contributed by atoms with Gasteiger partial charge in [-0.3, -0.25) is 4.79 Å². The lowest BCUT2D eigenvalue weighted by Crippen LogP contribution is -2.31. The van der Waals surface area contributed by atoms with E-state index in [1.807, 2.05) is 54.6 Å². The second-order valence-electron chi connectivity index (χ2n) is 6.52. The summed E-state index contributed by atoms with van der Waals surface area (Å²) >= 11 is 0. The van der Waals surface area contributed by atoms with Gasteiger partial charge in [-0.05, 0) is 36.2 Å². The average Bonchev–Trinajstić information content (AvgIpc) is 3.27. The minimum atomic E-state index is -0.611. The molecule has 29 heavy (non-hydrogen) atoms. The Morgan fingerprint density at radius 3 is 2.48 bits per heavy atom. The predicted octanol–water partition coefficient (Wildman–Crippen LogP) is 3.67. The van der Waals surface area contributed by atoms with E-state index in [2.05, 4.69) is 5.32 Å². The molecule has 0 unspecified atom stereocenters. The van der Waals surface area contributed by atoms with E-state index in [1.54, 1.807) is 19.1 Å². The van der Waals surface area contributed by atoms with Gasteiger partial charge < -0.3 is 19.2 Å². The maximum absolute atomic E-state index is 12.0. The van der Waals surface area contributed by atoms with Crippen LogP contribution in [0.5, 0.6) is 5.75 Å². The van der Waals surface area contributed by atoms with Crippen LogP contribution in [0.2, 0.25) is 0 Å². The molecule has 1 atom stereocenters. The number of benzene rings is 2. The van der Waals surface area contributed by atoms with Crippen LogP contribution in [0.1, 0.15) is 29.9 Å². The molecule has 0 radical (unpaired) electrons. The molecular formula is C23H23NO5. The van der Waals surface area contributed by atoms with Crippen LogP contribution in [0.4, 0.5) is 0 Å². The van der Waals surface area contributed by atoms with Gasteiger partial charge in [0.05, 0.1) is 12.3 Å². The lowest BCUT2D eigenvalue weighted by molar-refractivity contribution is -0.150. The fourth-order valence-corrected chi connectivity index (χ4v) is 2.82. The van der Waals surface area contributed by atoms with E-state index in [0.29, 0.717) is 17.9 Å². The maximum atomic E-state index is 12.0. The number of rotatable bonds is 9. The van der Waals surface area contributed by atoms with Gasteiger partial charge in [0.2, 0.25) is 0 Å². The molecule has 1 N–H and O–H groups in total. The molecule has 0 bridgehead atoms.